The van der Waals surface area contributed by atoms with Gasteiger partial charge in [-0.1, -0.05) is 0 Å². The molecule has 2 rings (SSSR count). The van der Waals surface area contributed by atoms with Gasteiger partial charge in [0.1, 0.15) is 5.82 Å². The van der Waals surface area contributed by atoms with E-state index in [1.165, 1.54) is 23.5 Å². The molecule has 88 valence electrons. The number of nitrogens with one attached hydrogen (secondary N) is 1. The number of aromatic nitrogens is 1. The number of halogens is 1. The maximum absolute atomic E-state index is 13.5. The lowest BCUT2D eigenvalue weighted by atomic mass is 10.2. The fourth-order valence-electron chi connectivity index (χ4n) is 1.29. The number of rotatable bonds is 2. The standard InChI is InChI=1S/C11H10FN3OS/c1-6-5-14-11(17-6)15-10(16)8-3-2-7(13)4-9(8)12/h2-5H,13H2,1H3,(H,14,15,16). The molecule has 0 aliphatic heterocycles. The number of hydrogen-bond acceptors (Lipinski definition) is 4. The van der Waals surface area contributed by atoms with E-state index in [4.69, 9.17) is 5.73 Å². The minimum absolute atomic E-state index is 0.0490. The Hall–Kier alpha value is -1.95. The van der Waals surface area contributed by atoms with Crippen LogP contribution in [-0.4, -0.2) is 10.9 Å². The summed E-state index contributed by atoms with van der Waals surface area (Å²) in [5, 5.41) is 2.97. The van der Waals surface area contributed by atoms with Gasteiger partial charge in [0.2, 0.25) is 0 Å². The average molecular weight is 251 g/mol. The number of nitrogens with two attached hydrogens (primary N) is 1. The summed E-state index contributed by atoms with van der Waals surface area (Å²) >= 11 is 1.33. The third kappa shape index (κ3) is 2.59. The van der Waals surface area contributed by atoms with Crippen molar-refractivity contribution < 1.29 is 9.18 Å². The minimum Gasteiger partial charge on any atom is -0.399 e. The van der Waals surface area contributed by atoms with Gasteiger partial charge in [0.15, 0.2) is 5.13 Å². The van der Waals surface area contributed by atoms with E-state index < -0.39 is 11.7 Å². The number of aryl methyl sites for hydroxylation is 1. The van der Waals surface area contributed by atoms with E-state index in [-0.39, 0.29) is 11.3 Å². The summed E-state index contributed by atoms with van der Waals surface area (Å²) in [5.41, 5.74) is 5.63. The number of nitrogens with zero attached hydrogens (tertiary/aromatic N) is 1. The molecule has 2 aromatic rings. The third-order valence-electron chi connectivity index (χ3n) is 2.08. The number of carbonyl (C=O) groups is 1. The first-order valence-corrected chi connectivity index (χ1v) is 5.67. The Bertz CT molecular complexity index is 568. The van der Waals surface area contributed by atoms with E-state index in [0.717, 1.165) is 10.9 Å². The summed E-state index contributed by atoms with van der Waals surface area (Å²) in [6.45, 7) is 1.87. The van der Waals surface area contributed by atoms with Crippen molar-refractivity contribution in [2.24, 2.45) is 0 Å². The Morgan fingerprint density at radius 3 is 2.88 bits per heavy atom. The first kappa shape index (κ1) is 11.5. The molecule has 0 aliphatic carbocycles. The van der Waals surface area contributed by atoms with Crippen LogP contribution in [0.5, 0.6) is 0 Å². The van der Waals surface area contributed by atoms with E-state index >= 15 is 0 Å². The lowest BCUT2D eigenvalue weighted by Gasteiger charge is -2.03. The summed E-state index contributed by atoms with van der Waals surface area (Å²) in [5.74, 6) is -1.17. The molecule has 1 amide bonds. The Morgan fingerprint density at radius 2 is 2.29 bits per heavy atom. The highest BCUT2D eigenvalue weighted by Gasteiger charge is 2.13. The largest absolute Gasteiger partial charge is 0.399 e. The summed E-state index contributed by atoms with van der Waals surface area (Å²) in [7, 11) is 0. The van der Waals surface area contributed by atoms with Gasteiger partial charge in [0, 0.05) is 16.8 Å². The molecule has 0 saturated carbocycles. The van der Waals surface area contributed by atoms with Crippen LogP contribution < -0.4 is 11.1 Å². The topological polar surface area (TPSA) is 68.0 Å². The molecule has 0 fully saturated rings. The Kier molecular flexibility index (Phi) is 3.06. The predicted molar refractivity (Wildman–Crippen MR) is 65.6 cm³/mol. The molecule has 0 saturated heterocycles. The Morgan fingerprint density at radius 1 is 1.53 bits per heavy atom. The zero-order chi connectivity index (χ0) is 12.4. The van der Waals surface area contributed by atoms with Crippen molar-refractivity contribution >= 4 is 28.1 Å². The lowest BCUT2D eigenvalue weighted by molar-refractivity contribution is 0.102. The smallest absolute Gasteiger partial charge is 0.260 e. The molecule has 0 bridgehead atoms. The van der Waals surface area contributed by atoms with Crippen LogP contribution in [0.2, 0.25) is 0 Å². The van der Waals surface area contributed by atoms with Crippen LogP contribution in [0.4, 0.5) is 15.2 Å². The minimum atomic E-state index is -0.643. The van der Waals surface area contributed by atoms with E-state index in [2.05, 4.69) is 10.3 Å². The number of benzene rings is 1. The number of thiazole rings is 1. The summed E-state index contributed by atoms with van der Waals surface area (Å²) in [6, 6.07) is 3.94. The molecular weight excluding hydrogens is 241 g/mol. The highest BCUT2D eigenvalue weighted by Crippen LogP contribution is 2.19. The number of carbonyl (C=O) groups excluding carboxylic acids is 1. The van der Waals surface area contributed by atoms with E-state index in [1.54, 1.807) is 6.20 Å². The molecule has 17 heavy (non-hydrogen) atoms. The van der Waals surface area contributed by atoms with Gasteiger partial charge in [-0.15, -0.1) is 11.3 Å². The second-order valence-electron chi connectivity index (χ2n) is 3.47. The first-order chi connectivity index (χ1) is 8.06. The van der Waals surface area contributed by atoms with E-state index in [0.29, 0.717) is 5.13 Å². The number of amides is 1. The van der Waals surface area contributed by atoms with Crippen LogP contribution in [0.1, 0.15) is 15.2 Å². The van der Waals surface area contributed by atoms with Crippen molar-refractivity contribution in [3.05, 3.63) is 40.7 Å². The quantitative estimate of drug-likeness (QED) is 0.805. The van der Waals surface area contributed by atoms with Gasteiger partial charge < -0.3 is 5.73 Å². The van der Waals surface area contributed by atoms with Crippen LogP contribution in [0.15, 0.2) is 24.4 Å². The summed E-state index contributed by atoms with van der Waals surface area (Å²) in [4.78, 5) is 16.7. The van der Waals surface area contributed by atoms with Crippen LogP contribution in [-0.2, 0) is 0 Å². The Labute approximate surface area is 101 Å². The molecule has 1 aromatic carbocycles. The lowest BCUT2D eigenvalue weighted by Crippen LogP contribution is -2.13. The van der Waals surface area contributed by atoms with Crippen LogP contribution in [0, 0.1) is 12.7 Å². The maximum Gasteiger partial charge on any atom is 0.260 e. The summed E-state index contributed by atoms with van der Waals surface area (Å²) in [6.07, 6.45) is 1.64. The maximum atomic E-state index is 13.5. The van der Waals surface area contributed by atoms with Crippen molar-refractivity contribution in [3.63, 3.8) is 0 Å². The molecule has 0 spiro atoms. The van der Waals surface area contributed by atoms with E-state index in [1.807, 2.05) is 6.92 Å². The van der Waals surface area contributed by atoms with Gasteiger partial charge >= 0.3 is 0 Å². The molecule has 0 unspecified atom stereocenters. The fourth-order valence-corrected chi connectivity index (χ4v) is 1.95. The van der Waals surface area contributed by atoms with Crippen molar-refractivity contribution in [2.75, 3.05) is 11.1 Å². The highest BCUT2D eigenvalue weighted by molar-refractivity contribution is 7.15. The molecule has 0 radical (unpaired) electrons. The number of anilines is 2. The molecular formula is C11H10FN3OS. The zero-order valence-corrected chi connectivity index (χ0v) is 9.84. The number of hydrogen-bond donors (Lipinski definition) is 2. The van der Waals surface area contributed by atoms with Crippen molar-refractivity contribution in [1.82, 2.24) is 4.98 Å². The van der Waals surface area contributed by atoms with Crippen LogP contribution in [0.3, 0.4) is 0 Å². The third-order valence-corrected chi connectivity index (χ3v) is 2.91. The zero-order valence-electron chi connectivity index (χ0n) is 9.03. The van der Waals surface area contributed by atoms with Gasteiger partial charge in [-0.05, 0) is 25.1 Å². The predicted octanol–water partition coefficient (Wildman–Crippen LogP) is 2.43. The Balaban J connectivity index is 2.20. The molecule has 4 nitrogen and oxygen atoms in total. The van der Waals surface area contributed by atoms with Crippen LogP contribution in [0.25, 0.3) is 0 Å². The fraction of sp³-hybridized carbons (Fsp3) is 0.0909. The molecule has 0 aliphatic rings. The first-order valence-electron chi connectivity index (χ1n) is 4.85. The molecule has 0 atom stereocenters. The van der Waals surface area contributed by atoms with Gasteiger partial charge in [-0.3, -0.25) is 10.1 Å². The second kappa shape index (κ2) is 4.50. The second-order valence-corrected chi connectivity index (χ2v) is 4.70. The van der Waals surface area contributed by atoms with Crippen molar-refractivity contribution in [2.45, 2.75) is 6.92 Å². The van der Waals surface area contributed by atoms with Crippen molar-refractivity contribution in [3.8, 4) is 0 Å². The molecule has 1 aromatic heterocycles. The number of nitrogen functional groups attached to an aromatic ring is 1. The van der Waals surface area contributed by atoms with Gasteiger partial charge in [0.05, 0.1) is 5.56 Å². The monoisotopic (exact) mass is 251 g/mol. The summed E-state index contributed by atoms with van der Waals surface area (Å²) < 4.78 is 13.5. The SMILES string of the molecule is Cc1cnc(NC(=O)c2ccc(N)cc2F)s1. The van der Waals surface area contributed by atoms with Gasteiger partial charge in [-0.2, -0.15) is 0 Å². The van der Waals surface area contributed by atoms with Crippen molar-refractivity contribution in [1.29, 1.82) is 0 Å². The molecule has 6 heteroatoms. The normalized spacial score (nSPS) is 10.2. The van der Waals surface area contributed by atoms with Gasteiger partial charge in [0.25, 0.3) is 5.91 Å². The van der Waals surface area contributed by atoms with E-state index in [9.17, 15) is 9.18 Å². The molecule has 3 N–H and O–H groups in total. The highest BCUT2D eigenvalue weighted by atomic mass is 32.1. The average Bonchev–Trinajstić information content (AvgIpc) is 2.63. The molecule has 1 heterocycles. The van der Waals surface area contributed by atoms with Crippen LogP contribution >= 0.6 is 11.3 Å². The van der Waals surface area contributed by atoms with Gasteiger partial charge in [-0.25, -0.2) is 9.37 Å².